The normalized spacial score (nSPS) is 11.5. The van der Waals surface area contributed by atoms with E-state index < -0.39 is 0 Å². The van der Waals surface area contributed by atoms with Crippen LogP contribution in [0.25, 0.3) is 76.9 Å². The average Bonchev–Trinajstić information content (AvgIpc) is 3.60. The summed E-state index contributed by atoms with van der Waals surface area (Å²) in [5, 5.41) is 7.24. The predicted molar refractivity (Wildman–Crippen MR) is 220 cm³/mol. The Morgan fingerprint density at radius 3 is 1.52 bits per heavy atom. The molecule has 0 saturated heterocycles. The van der Waals surface area contributed by atoms with Crippen LogP contribution in [-0.2, 0) is 0 Å². The van der Waals surface area contributed by atoms with Crippen LogP contribution in [0.15, 0.2) is 205 Å². The second-order valence-electron chi connectivity index (χ2n) is 13.3. The first-order valence-electron chi connectivity index (χ1n) is 17.8. The van der Waals surface area contributed by atoms with Crippen molar-refractivity contribution in [2.45, 2.75) is 0 Å². The summed E-state index contributed by atoms with van der Waals surface area (Å²) in [5.74, 6) is 0. The van der Waals surface area contributed by atoms with Crippen molar-refractivity contribution in [2.75, 3.05) is 4.90 Å². The summed E-state index contributed by atoms with van der Waals surface area (Å²) in [4.78, 5) is 2.34. The molecule has 0 radical (unpaired) electrons. The topological polar surface area (TPSA) is 16.4 Å². The van der Waals surface area contributed by atoms with Crippen molar-refractivity contribution in [3.63, 3.8) is 0 Å². The van der Waals surface area contributed by atoms with Crippen LogP contribution < -0.4 is 4.90 Å². The zero-order valence-corrected chi connectivity index (χ0v) is 28.4. The summed E-state index contributed by atoms with van der Waals surface area (Å²) in [5.41, 5.74) is 12.3. The summed E-state index contributed by atoms with van der Waals surface area (Å²) < 4.78 is 6.21. The number of furan rings is 1. The number of anilines is 3. The summed E-state index contributed by atoms with van der Waals surface area (Å²) in [6.07, 6.45) is 0. The molecule has 0 atom stereocenters. The van der Waals surface area contributed by atoms with Gasteiger partial charge in [-0.25, -0.2) is 0 Å². The van der Waals surface area contributed by atoms with Gasteiger partial charge >= 0.3 is 0 Å². The van der Waals surface area contributed by atoms with Gasteiger partial charge < -0.3 is 9.32 Å². The number of rotatable bonds is 6. The molecular formula is C50H33NO. The van der Waals surface area contributed by atoms with E-state index in [4.69, 9.17) is 4.42 Å². The lowest BCUT2D eigenvalue weighted by Crippen LogP contribution is -2.09. The zero-order chi connectivity index (χ0) is 34.4. The van der Waals surface area contributed by atoms with Gasteiger partial charge in [0.05, 0.1) is 0 Å². The molecule has 9 aromatic carbocycles. The van der Waals surface area contributed by atoms with Gasteiger partial charge in [-0.2, -0.15) is 0 Å². The van der Waals surface area contributed by atoms with Crippen LogP contribution in [0, 0.1) is 0 Å². The Balaban J connectivity index is 1.10. The maximum absolute atomic E-state index is 6.21. The van der Waals surface area contributed by atoms with Crippen molar-refractivity contribution >= 4 is 60.5 Å². The number of hydrogen-bond donors (Lipinski definition) is 0. The van der Waals surface area contributed by atoms with Crippen molar-refractivity contribution < 1.29 is 4.42 Å². The minimum atomic E-state index is 0.887. The Morgan fingerprint density at radius 2 is 0.808 bits per heavy atom. The van der Waals surface area contributed by atoms with Crippen molar-refractivity contribution in [1.29, 1.82) is 0 Å². The number of benzene rings is 9. The van der Waals surface area contributed by atoms with Crippen LogP contribution in [0.1, 0.15) is 0 Å². The van der Waals surface area contributed by atoms with E-state index in [1.165, 1.54) is 54.9 Å². The molecule has 0 saturated carbocycles. The minimum Gasteiger partial charge on any atom is -0.456 e. The van der Waals surface area contributed by atoms with Crippen LogP contribution in [0.3, 0.4) is 0 Å². The average molecular weight is 664 g/mol. The Morgan fingerprint density at radius 1 is 0.288 bits per heavy atom. The fourth-order valence-electron chi connectivity index (χ4n) is 7.69. The first-order valence-corrected chi connectivity index (χ1v) is 17.8. The molecule has 0 aliphatic carbocycles. The van der Waals surface area contributed by atoms with Crippen LogP contribution >= 0.6 is 0 Å². The van der Waals surface area contributed by atoms with E-state index >= 15 is 0 Å². The fraction of sp³-hybridized carbons (Fsp3) is 0. The Bertz CT molecular complexity index is 2870. The second-order valence-corrected chi connectivity index (χ2v) is 13.3. The molecule has 0 bridgehead atoms. The lowest BCUT2D eigenvalue weighted by atomic mass is 9.91. The van der Waals surface area contributed by atoms with Crippen LogP contribution in [0.4, 0.5) is 17.1 Å². The third-order valence-corrected chi connectivity index (χ3v) is 10.3. The number of para-hydroxylation sites is 1. The van der Waals surface area contributed by atoms with Gasteiger partial charge in [-0.05, 0) is 116 Å². The van der Waals surface area contributed by atoms with E-state index in [9.17, 15) is 0 Å². The van der Waals surface area contributed by atoms with Gasteiger partial charge in [-0.1, -0.05) is 140 Å². The fourth-order valence-corrected chi connectivity index (χ4v) is 7.69. The molecule has 52 heavy (non-hydrogen) atoms. The predicted octanol–water partition coefficient (Wildman–Crippen LogP) is 14.4. The Labute approximate surface area is 302 Å². The molecule has 1 heterocycles. The highest BCUT2D eigenvalue weighted by Crippen LogP contribution is 2.41. The standard InChI is InChI=1S/C50H33NO/c1-3-11-34(12-4-1)36-19-24-40(25-20-36)51(42-28-30-50-48(33-42)46-17-9-10-18-49(46)52-50)41-26-21-37(22-27-41)47-32-39-31-38(35-13-5-2-6-14-35)23-29-43(39)44-15-7-8-16-45(44)47/h1-33H. The summed E-state index contributed by atoms with van der Waals surface area (Å²) in [6, 6.07) is 71.8. The molecule has 0 aliphatic rings. The molecule has 2 nitrogen and oxygen atoms in total. The summed E-state index contributed by atoms with van der Waals surface area (Å²) >= 11 is 0. The van der Waals surface area contributed by atoms with E-state index in [1.54, 1.807) is 0 Å². The van der Waals surface area contributed by atoms with Gasteiger partial charge in [0, 0.05) is 27.8 Å². The Hall–Kier alpha value is -6.90. The van der Waals surface area contributed by atoms with E-state index in [0.29, 0.717) is 0 Å². The van der Waals surface area contributed by atoms with Crippen LogP contribution in [-0.4, -0.2) is 0 Å². The van der Waals surface area contributed by atoms with Gasteiger partial charge in [0.25, 0.3) is 0 Å². The van der Waals surface area contributed by atoms with Crippen LogP contribution in [0.5, 0.6) is 0 Å². The molecule has 10 rings (SSSR count). The van der Waals surface area contributed by atoms with E-state index in [2.05, 4.69) is 193 Å². The number of nitrogens with zero attached hydrogens (tertiary/aromatic N) is 1. The molecule has 0 amide bonds. The quantitative estimate of drug-likeness (QED) is 0.165. The molecule has 1 aromatic heterocycles. The highest BCUT2D eigenvalue weighted by molar-refractivity contribution is 6.14. The minimum absolute atomic E-state index is 0.887. The molecule has 2 heteroatoms. The lowest BCUT2D eigenvalue weighted by Gasteiger charge is -2.26. The third-order valence-electron chi connectivity index (χ3n) is 10.3. The van der Waals surface area contributed by atoms with Gasteiger partial charge in [0.2, 0.25) is 0 Å². The monoisotopic (exact) mass is 663 g/mol. The zero-order valence-electron chi connectivity index (χ0n) is 28.4. The van der Waals surface area contributed by atoms with E-state index in [0.717, 1.165) is 39.0 Å². The lowest BCUT2D eigenvalue weighted by molar-refractivity contribution is 0.669. The molecule has 244 valence electrons. The van der Waals surface area contributed by atoms with Gasteiger partial charge in [0.15, 0.2) is 0 Å². The summed E-state index contributed by atoms with van der Waals surface area (Å²) in [6.45, 7) is 0. The number of fused-ring (bicyclic) bond motifs is 6. The van der Waals surface area contributed by atoms with Crippen molar-refractivity contribution in [3.8, 4) is 33.4 Å². The molecule has 0 aliphatic heterocycles. The molecule has 0 N–H and O–H groups in total. The third kappa shape index (κ3) is 5.21. The van der Waals surface area contributed by atoms with Crippen molar-refractivity contribution in [1.82, 2.24) is 0 Å². The second kappa shape index (κ2) is 12.5. The smallest absolute Gasteiger partial charge is 0.135 e. The van der Waals surface area contributed by atoms with Gasteiger partial charge in [-0.15, -0.1) is 0 Å². The largest absolute Gasteiger partial charge is 0.456 e. The SMILES string of the molecule is c1ccc(-c2ccc(N(c3ccc(-c4cc5cc(-c6ccccc6)ccc5c5ccccc45)cc3)c3ccc4oc5ccccc5c4c3)cc2)cc1. The highest BCUT2D eigenvalue weighted by atomic mass is 16.3. The first kappa shape index (κ1) is 30.0. The van der Waals surface area contributed by atoms with Crippen molar-refractivity contribution in [3.05, 3.63) is 200 Å². The summed E-state index contributed by atoms with van der Waals surface area (Å²) in [7, 11) is 0. The molecule has 0 fully saturated rings. The maximum atomic E-state index is 6.21. The van der Waals surface area contributed by atoms with E-state index in [-0.39, 0.29) is 0 Å². The van der Waals surface area contributed by atoms with E-state index in [1.807, 2.05) is 12.1 Å². The van der Waals surface area contributed by atoms with Gasteiger partial charge in [0.1, 0.15) is 11.2 Å². The van der Waals surface area contributed by atoms with Gasteiger partial charge in [-0.3, -0.25) is 0 Å². The van der Waals surface area contributed by atoms with Crippen molar-refractivity contribution in [2.24, 2.45) is 0 Å². The molecule has 10 aromatic rings. The van der Waals surface area contributed by atoms with Crippen LogP contribution in [0.2, 0.25) is 0 Å². The molecular weight excluding hydrogens is 631 g/mol. The Kier molecular flexibility index (Phi) is 7.18. The highest BCUT2D eigenvalue weighted by Gasteiger charge is 2.17. The first-order chi connectivity index (χ1) is 25.8. The molecule has 0 unspecified atom stereocenters. The number of hydrogen-bond acceptors (Lipinski definition) is 2. The maximum Gasteiger partial charge on any atom is 0.135 e. The molecule has 0 spiro atoms.